The maximum atomic E-state index is 13.0. The fourth-order valence-corrected chi connectivity index (χ4v) is 4.39. The van der Waals surface area contributed by atoms with Crippen LogP contribution >= 0.6 is 23.1 Å². The molecule has 0 radical (unpaired) electrons. The lowest BCUT2D eigenvalue weighted by atomic mass is 10.3. The predicted octanol–water partition coefficient (Wildman–Crippen LogP) is 4.43. The van der Waals surface area contributed by atoms with Crippen LogP contribution in [0.5, 0.6) is 5.75 Å². The molecule has 0 fully saturated rings. The van der Waals surface area contributed by atoms with Crippen molar-refractivity contribution in [3.63, 3.8) is 0 Å². The minimum Gasteiger partial charge on any atom is -0.483 e. The predicted molar refractivity (Wildman–Crippen MR) is 115 cm³/mol. The molecule has 4 rings (SSSR count). The SMILES string of the molecule is CC(Oc1ccc(F)cc1)c1nnc(SCC(=O)Nc2nc3ccccc3s2)n1C. The number of halogens is 1. The number of nitrogens with zero attached hydrogens (tertiary/aromatic N) is 4. The van der Waals surface area contributed by atoms with Crippen LogP contribution in [0.15, 0.2) is 53.7 Å². The van der Waals surface area contributed by atoms with E-state index in [1.807, 2.05) is 38.2 Å². The van der Waals surface area contributed by atoms with Crippen molar-refractivity contribution in [3.8, 4) is 5.75 Å². The molecule has 1 amide bonds. The molecule has 0 bridgehead atoms. The molecule has 0 saturated carbocycles. The number of hydrogen-bond donors (Lipinski definition) is 1. The van der Waals surface area contributed by atoms with Crippen molar-refractivity contribution >= 4 is 44.4 Å². The van der Waals surface area contributed by atoms with Gasteiger partial charge in [0, 0.05) is 7.05 Å². The first-order valence-corrected chi connectivity index (χ1v) is 10.9. The van der Waals surface area contributed by atoms with E-state index in [0.29, 0.717) is 21.9 Å². The number of carbonyl (C=O) groups excluding carboxylic acids is 1. The Balaban J connectivity index is 1.35. The van der Waals surface area contributed by atoms with E-state index in [9.17, 15) is 9.18 Å². The summed E-state index contributed by atoms with van der Waals surface area (Å²) in [5.41, 5.74) is 0.860. The Morgan fingerprint density at radius 1 is 1.23 bits per heavy atom. The van der Waals surface area contributed by atoms with Gasteiger partial charge in [0.2, 0.25) is 5.91 Å². The molecule has 1 unspecified atom stereocenters. The Labute approximate surface area is 180 Å². The van der Waals surface area contributed by atoms with Crippen LogP contribution in [0.25, 0.3) is 10.2 Å². The Morgan fingerprint density at radius 3 is 2.77 bits per heavy atom. The number of fused-ring (bicyclic) bond motifs is 1. The van der Waals surface area contributed by atoms with E-state index in [4.69, 9.17) is 4.74 Å². The largest absolute Gasteiger partial charge is 0.483 e. The standard InChI is InChI=1S/C20H18FN5O2S2/c1-12(28-14-9-7-13(21)8-10-14)18-24-25-20(26(18)2)29-11-17(27)23-19-22-15-5-3-4-6-16(15)30-19/h3-10,12H,11H2,1-2H3,(H,22,23,27). The number of amides is 1. The first kappa shape index (κ1) is 20.3. The highest BCUT2D eigenvalue weighted by molar-refractivity contribution is 7.99. The number of rotatable bonds is 7. The van der Waals surface area contributed by atoms with Crippen LogP contribution < -0.4 is 10.1 Å². The summed E-state index contributed by atoms with van der Waals surface area (Å²) >= 11 is 2.71. The zero-order valence-corrected chi connectivity index (χ0v) is 17.8. The number of anilines is 1. The average Bonchev–Trinajstić information content (AvgIpc) is 3.30. The molecule has 7 nitrogen and oxygen atoms in total. The molecular weight excluding hydrogens is 425 g/mol. The second kappa shape index (κ2) is 8.80. The van der Waals surface area contributed by atoms with E-state index in [-0.39, 0.29) is 23.6 Å². The molecule has 1 atom stereocenters. The minimum atomic E-state index is -0.390. The molecule has 30 heavy (non-hydrogen) atoms. The third-order valence-corrected chi connectivity index (χ3v) is 6.20. The lowest BCUT2D eigenvalue weighted by Crippen LogP contribution is -2.14. The van der Waals surface area contributed by atoms with E-state index in [1.54, 1.807) is 16.7 Å². The second-order valence-corrected chi connectivity index (χ2v) is 8.41. The fourth-order valence-electron chi connectivity index (χ4n) is 2.79. The first-order valence-electron chi connectivity index (χ1n) is 9.09. The zero-order valence-electron chi connectivity index (χ0n) is 16.2. The van der Waals surface area contributed by atoms with Gasteiger partial charge >= 0.3 is 0 Å². The molecule has 10 heteroatoms. The van der Waals surface area contributed by atoms with Crippen molar-refractivity contribution in [2.24, 2.45) is 7.05 Å². The van der Waals surface area contributed by atoms with Gasteiger partial charge in [0.1, 0.15) is 11.6 Å². The van der Waals surface area contributed by atoms with Crippen molar-refractivity contribution in [2.45, 2.75) is 18.2 Å². The first-order chi connectivity index (χ1) is 14.5. The van der Waals surface area contributed by atoms with Gasteiger partial charge in [-0.1, -0.05) is 35.2 Å². The van der Waals surface area contributed by atoms with Gasteiger partial charge in [0.05, 0.1) is 16.0 Å². The number of nitrogens with one attached hydrogen (secondary N) is 1. The molecule has 1 N–H and O–H groups in total. The normalized spacial score (nSPS) is 12.1. The monoisotopic (exact) mass is 443 g/mol. The van der Waals surface area contributed by atoms with Gasteiger partial charge in [0.15, 0.2) is 22.2 Å². The number of hydrogen-bond acceptors (Lipinski definition) is 7. The zero-order chi connectivity index (χ0) is 21.1. The molecule has 0 saturated heterocycles. The highest BCUT2D eigenvalue weighted by Crippen LogP contribution is 2.26. The van der Waals surface area contributed by atoms with Crippen LogP contribution in [0.4, 0.5) is 9.52 Å². The van der Waals surface area contributed by atoms with Crippen molar-refractivity contribution in [1.82, 2.24) is 19.7 Å². The summed E-state index contributed by atoms with van der Waals surface area (Å²) in [5, 5.41) is 12.3. The van der Waals surface area contributed by atoms with Crippen LogP contribution in [-0.2, 0) is 11.8 Å². The van der Waals surface area contributed by atoms with E-state index >= 15 is 0 Å². The number of benzene rings is 2. The molecule has 4 aromatic rings. The van der Waals surface area contributed by atoms with Crippen LogP contribution in [0.2, 0.25) is 0 Å². The van der Waals surface area contributed by atoms with Gasteiger partial charge in [-0.3, -0.25) is 4.79 Å². The summed E-state index contributed by atoms with van der Waals surface area (Å²) in [7, 11) is 1.81. The van der Waals surface area contributed by atoms with E-state index in [2.05, 4.69) is 20.5 Å². The number of aromatic nitrogens is 4. The summed E-state index contributed by atoms with van der Waals surface area (Å²) < 4.78 is 21.6. The number of thioether (sulfide) groups is 1. The highest BCUT2D eigenvalue weighted by atomic mass is 32.2. The molecule has 0 spiro atoms. The van der Waals surface area contributed by atoms with Crippen molar-refractivity contribution in [2.75, 3.05) is 11.1 Å². The smallest absolute Gasteiger partial charge is 0.236 e. The number of ether oxygens (including phenoxy) is 1. The van der Waals surface area contributed by atoms with E-state index < -0.39 is 0 Å². The minimum absolute atomic E-state index is 0.167. The highest BCUT2D eigenvalue weighted by Gasteiger charge is 2.18. The third kappa shape index (κ3) is 4.60. The molecule has 0 aliphatic heterocycles. The van der Waals surface area contributed by atoms with Gasteiger partial charge in [-0.15, -0.1) is 10.2 Å². The van der Waals surface area contributed by atoms with Crippen molar-refractivity contribution in [1.29, 1.82) is 0 Å². The molecule has 2 aromatic carbocycles. The van der Waals surface area contributed by atoms with Gasteiger partial charge in [-0.25, -0.2) is 9.37 Å². The summed E-state index contributed by atoms with van der Waals surface area (Å²) in [4.78, 5) is 16.7. The number of thiazole rings is 1. The van der Waals surface area contributed by atoms with E-state index in [1.165, 1.54) is 35.2 Å². The van der Waals surface area contributed by atoms with Crippen LogP contribution in [-0.4, -0.2) is 31.4 Å². The maximum Gasteiger partial charge on any atom is 0.236 e. The van der Waals surface area contributed by atoms with E-state index in [0.717, 1.165) is 10.2 Å². The Kier molecular flexibility index (Phi) is 5.96. The fraction of sp³-hybridized carbons (Fsp3) is 0.200. The molecule has 154 valence electrons. The third-order valence-electron chi connectivity index (χ3n) is 4.23. The van der Waals surface area contributed by atoms with Gasteiger partial charge < -0.3 is 14.6 Å². The molecule has 0 aliphatic rings. The lowest BCUT2D eigenvalue weighted by molar-refractivity contribution is -0.113. The Bertz CT molecular complexity index is 1140. The molecule has 2 heterocycles. The topological polar surface area (TPSA) is 81.9 Å². The molecule has 0 aliphatic carbocycles. The number of para-hydroxylation sites is 1. The van der Waals surface area contributed by atoms with Crippen LogP contribution in [0.1, 0.15) is 18.9 Å². The molecular formula is C20H18FN5O2S2. The Hall–Kier alpha value is -2.98. The second-order valence-electron chi connectivity index (χ2n) is 6.44. The average molecular weight is 444 g/mol. The summed E-state index contributed by atoms with van der Waals surface area (Å²) in [6, 6.07) is 13.5. The summed E-state index contributed by atoms with van der Waals surface area (Å²) in [5.74, 6) is 0.829. The van der Waals surface area contributed by atoms with Crippen molar-refractivity contribution in [3.05, 3.63) is 60.2 Å². The molecule has 2 aromatic heterocycles. The van der Waals surface area contributed by atoms with Crippen molar-refractivity contribution < 1.29 is 13.9 Å². The van der Waals surface area contributed by atoms with Gasteiger partial charge in [0.25, 0.3) is 0 Å². The number of carbonyl (C=O) groups is 1. The maximum absolute atomic E-state index is 13.0. The Morgan fingerprint density at radius 2 is 2.00 bits per heavy atom. The summed E-state index contributed by atoms with van der Waals surface area (Å²) in [6.45, 7) is 1.83. The van der Waals surface area contributed by atoms with Crippen LogP contribution in [0.3, 0.4) is 0 Å². The van der Waals surface area contributed by atoms with Gasteiger partial charge in [-0.05, 0) is 43.3 Å². The lowest BCUT2D eigenvalue weighted by Gasteiger charge is -2.14. The quantitative estimate of drug-likeness (QED) is 0.426. The van der Waals surface area contributed by atoms with Gasteiger partial charge in [-0.2, -0.15) is 0 Å². The summed E-state index contributed by atoms with van der Waals surface area (Å²) in [6.07, 6.45) is -0.390. The van der Waals surface area contributed by atoms with Crippen LogP contribution in [0, 0.1) is 5.82 Å².